The molecule has 2 atom stereocenters. The lowest BCUT2D eigenvalue weighted by atomic mass is 10.2. The van der Waals surface area contributed by atoms with Crippen LogP contribution >= 0.6 is 22.9 Å². The van der Waals surface area contributed by atoms with Gasteiger partial charge in [0.1, 0.15) is 12.4 Å². The molecule has 0 spiro atoms. The molecule has 1 amide bonds. The van der Waals surface area contributed by atoms with Crippen LogP contribution in [0.2, 0.25) is 4.34 Å². The van der Waals surface area contributed by atoms with E-state index in [0.717, 1.165) is 14.1 Å². The zero-order valence-corrected chi connectivity index (χ0v) is 14.4. The van der Waals surface area contributed by atoms with Gasteiger partial charge in [0.25, 0.3) is 5.91 Å². The van der Waals surface area contributed by atoms with E-state index < -0.39 is 0 Å². The number of carbonyl (C=O) groups is 1. The van der Waals surface area contributed by atoms with Gasteiger partial charge in [-0.1, -0.05) is 18.2 Å². The van der Waals surface area contributed by atoms with Crippen molar-refractivity contribution in [3.8, 4) is 0 Å². The maximum absolute atomic E-state index is 12.9. The highest BCUT2D eigenvalue weighted by molar-refractivity contribution is 7.16. The maximum Gasteiger partial charge on any atom is 0.282 e. The molecule has 0 aliphatic carbocycles. The largest absolute Gasteiger partial charge is 0.321 e. The first-order valence-electron chi connectivity index (χ1n) is 7.25. The summed E-state index contributed by atoms with van der Waals surface area (Å²) in [6.45, 7) is 6.99. The van der Waals surface area contributed by atoms with Crippen molar-refractivity contribution >= 4 is 34.5 Å². The Labute approximate surface area is 144 Å². The van der Waals surface area contributed by atoms with E-state index in [9.17, 15) is 9.18 Å². The SMILES string of the molecule is C=CC[NH+](Cc1ccc(Cl)s1)[C@@H](C)C(=O)Nc1ccc(F)cc1. The molecule has 1 aromatic heterocycles. The van der Waals surface area contributed by atoms with E-state index in [0.29, 0.717) is 18.8 Å². The molecule has 0 fully saturated rings. The molecule has 3 nitrogen and oxygen atoms in total. The number of nitrogens with one attached hydrogen (secondary N) is 2. The topological polar surface area (TPSA) is 33.5 Å². The molecule has 23 heavy (non-hydrogen) atoms. The molecule has 2 aromatic rings. The third kappa shape index (κ3) is 5.16. The Hall–Kier alpha value is -1.69. The Morgan fingerprint density at radius 1 is 1.39 bits per heavy atom. The van der Waals surface area contributed by atoms with Gasteiger partial charge in [-0.05, 0) is 49.4 Å². The summed E-state index contributed by atoms with van der Waals surface area (Å²) in [5.41, 5.74) is 0.584. The Morgan fingerprint density at radius 2 is 2.09 bits per heavy atom. The first kappa shape index (κ1) is 17.7. The van der Waals surface area contributed by atoms with Crippen LogP contribution in [0, 0.1) is 5.82 Å². The predicted molar refractivity (Wildman–Crippen MR) is 93.6 cm³/mol. The minimum absolute atomic E-state index is 0.115. The molecule has 1 aromatic carbocycles. The molecule has 1 heterocycles. The summed E-state index contributed by atoms with van der Waals surface area (Å²) >= 11 is 7.48. The molecular weight excluding hydrogens is 335 g/mol. The van der Waals surface area contributed by atoms with Crippen LogP contribution in [-0.2, 0) is 11.3 Å². The second-order valence-electron chi connectivity index (χ2n) is 5.25. The number of rotatable bonds is 7. The van der Waals surface area contributed by atoms with Crippen molar-refractivity contribution in [2.75, 3.05) is 11.9 Å². The first-order chi connectivity index (χ1) is 11.0. The molecule has 1 unspecified atom stereocenters. The minimum atomic E-state index is -0.329. The smallest absolute Gasteiger partial charge is 0.282 e. The molecule has 0 bridgehead atoms. The zero-order valence-electron chi connectivity index (χ0n) is 12.8. The van der Waals surface area contributed by atoms with E-state index >= 15 is 0 Å². The average molecular weight is 354 g/mol. The third-order valence-corrected chi connectivity index (χ3v) is 4.79. The molecule has 0 saturated heterocycles. The van der Waals surface area contributed by atoms with Crippen LogP contribution in [0.25, 0.3) is 0 Å². The van der Waals surface area contributed by atoms with Crippen LogP contribution in [0.15, 0.2) is 49.1 Å². The summed E-state index contributed by atoms with van der Waals surface area (Å²) in [4.78, 5) is 14.6. The van der Waals surface area contributed by atoms with Crippen LogP contribution < -0.4 is 10.2 Å². The lowest BCUT2D eigenvalue weighted by Gasteiger charge is -2.23. The maximum atomic E-state index is 12.9. The van der Waals surface area contributed by atoms with Crippen molar-refractivity contribution < 1.29 is 14.1 Å². The van der Waals surface area contributed by atoms with Gasteiger partial charge in [-0.25, -0.2) is 4.39 Å². The van der Waals surface area contributed by atoms with Crippen molar-refractivity contribution in [3.05, 3.63) is 64.1 Å². The first-order valence-corrected chi connectivity index (χ1v) is 8.45. The third-order valence-electron chi connectivity index (χ3n) is 3.55. The highest BCUT2D eigenvalue weighted by Gasteiger charge is 2.25. The fourth-order valence-electron chi connectivity index (χ4n) is 2.23. The van der Waals surface area contributed by atoms with E-state index in [1.165, 1.54) is 23.5 Å². The number of amides is 1. The summed E-state index contributed by atoms with van der Waals surface area (Å²) in [6, 6.07) is 9.29. The number of benzene rings is 1. The molecule has 122 valence electrons. The Kier molecular flexibility index (Phi) is 6.33. The monoisotopic (exact) mass is 353 g/mol. The molecule has 0 radical (unpaired) electrons. The highest BCUT2D eigenvalue weighted by atomic mass is 35.5. The molecule has 0 saturated carbocycles. The molecule has 6 heteroatoms. The Bertz CT molecular complexity index is 671. The van der Waals surface area contributed by atoms with Crippen LogP contribution in [0.5, 0.6) is 0 Å². The van der Waals surface area contributed by atoms with E-state index in [2.05, 4.69) is 11.9 Å². The van der Waals surface area contributed by atoms with Gasteiger partial charge in [-0.15, -0.1) is 11.3 Å². The van der Waals surface area contributed by atoms with Gasteiger partial charge in [0.15, 0.2) is 6.04 Å². The number of halogens is 2. The van der Waals surface area contributed by atoms with Gasteiger partial charge in [0.2, 0.25) is 0 Å². The second-order valence-corrected chi connectivity index (χ2v) is 7.05. The number of anilines is 1. The average Bonchev–Trinajstić information content (AvgIpc) is 2.93. The number of hydrogen-bond donors (Lipinski definition) is 2. The molecular formula is C17H19ClFN2OS+. The summed E-state index contributed by atoms with van der Waals surface area (Å²) < 4.78 is 13.7. The predicted octanol–water partition coefficient (Wildman–Crippen LogP) is 3.14. The summed E-state index contributed by atoms with van der Waals surface area (Å²) in [5, 5.41) is 2.82. The summed E-state index contributed by atoms with van der Waals surface area (Å²) in [6.07, 6.45) is 1.80. The number of hydrogen-bond acceptors (Lipinski definition) is 2. The summed E-state index contributed by atoms with van der Waals surface area (Å²) in [5.74, 6) is -0.444. The fourth-order valence-corrected chi connectivity index (χ4v) is 3.37. The fraction of sp³-hybridized carbons (Fsp3) is 0.235. The number of thiophene rings is 1. The van der Waals surface area contributed by atoms with Gasteiger partial charge >= 0.3 is 0 Å². The van der Waals surface area contributed by atoms with E-state index in [1.807, 2.05) is 19.1 Å². The summed E-state index contributed by atoms with van der Waals surface area (Å²) in [7, 11) is 0. The van der Waals surface area contributed by atoms with Gasteiger partial charge in [0, 0.05) is 5.69 Å². The van der Waals surface area contributed by atoms with Crippen LogP contribution in [0.1, 0.15) is 11.8 Å². The van der Waals surface area contributed by atoms with Crippen molar-refractivity contribution in [1.29, 1.82) is 0 Å². The van der Waals surface area contributed by atoms with Crippen molar-refractivity contribution in [2.45, 2.75) is 19.5 Å². The highest BCUT2D eigenvalue weighted by Crippen LogP contribution is 2.20. The van der Waals surface area contributed by atoms with Gasteiger partial charge in [0.05, 0.1) is 15.8 Å². The van der Waals surface area contributed by atoms with Crippen LogP contribution in [0.4, 0.5) is 10.1 Å². The standard InChI is InChI=1S/C17H18ClFN2OS/c1-3-10-21(11-15-8-9-16(18)23-15)12(2)17(22)20-14-6-4-13(19)5-7-14/h3-9,12H,1,10-11H2,2H3,(H,20,22)/p+1/t12-/m0/s1. The molecule has 0 aliphatic rings. The Balaban J connectivity index is 2.03. The van der Waals surface area contributed by atoms with Crippen LogP contribution in [-0.4, -0.2) is 18.5 Å². The lowest BCUT2D eigenvalue weighted by molar-refractivity contribution is -0.921. The van der Waals surface area contributed by atoms with Gasteiger partial charge in [-0.3, -0.25) is 4.79 Å². The van der Waals surface area contributed by atoms with Crippen LogP contribution in [0.3, 0.4) is 0 Å². The van der Waals surface area contributed by atoms with E-state index in [-0.39, 0.29) is 17.8 Å². The van der Waals surface area contributed by atoms with E-state index in [1.54, 1.807) is 18.2 Å². The lowest BCUT2D eigenvalue weighted by Crippen LogP contribution is -3.15. The molecule has 0 aliphatic heterocycles. The number of quaternary nitrogens is 1. The molecule has 2 rings (SSSR count). The van der Waals surface area contributed by atoms with Crippen molar-refractivity contribution in [1.82, 2.24) is 0 Å². The molecule has 2 N–H and O–H groups in total. The van der Waals surface area contributed by atoms with E-state index in [4.69, 9.17) is 11.6 Å². The second kappa shape index (κ2) is 8.24. The Morgan fingerprint density at radius 3 is 2.65 bits per heavy atom. The zero-order chi connectivity index (χ0) is 16.8. The normalized spacial score (nSPS) is 13.3. The van der Waals surface area contributed by atoms with Crippen molar-refractivity contribution in [3.63, 3.8) is 0 Å². The quantitative estimate of drug-likeness (QED) is 0.737. The minimum Gasteiger partial charge on any atom is -0.321 e. The van der Waals surface area contributed by atoms with Gasteiger partial charge < -0.3 is 10.2 Å². The van der Waals surface area contributed by atoms with Gasteiger partial charge in [-0.2, -0.15) is 0 Å². The van der Waals surface area contributed by atoms with Crippen molar-refractivity contribution in [2.24, 2.45) is 0 Å². The number of carbonyl (C=O) groups excluding carboxylic acids is 1.